The van der Waals surface area contributed by atoms with E-state index in [4.69, 9.17) is 4.74 Å². The molecule has 1 aliphatic heterocycles. The number of fused-ring (bicyclic) bond motifs is 1. The average Bonchev–Trinajstić information content (AvgIpc) is 2.48. The van der Waals surface area contributed by atoms with Crippen molar-refractivity contribution in [1.82, 2.24) is 5.32 Å². The lowest BCUT2D eigenvalue weighted by Crippen LogP contribution is -2.31. The lowest BCUT2D eigenvalue weighted by molar-refractivity contribution is 0.153. The number of ether oxygens (including phenoxy) is 1. The molecule has 1 heterocycles. The van der Waals surface area contributed by atoms with Gasteiger partial charge in [0, 0.05) is 11.6 Å². The third-order valence-electron chi connectivity index (χ3n) is 3.20. The zero-order chi connectivity index (χ0) is 11.5. The maximum absolute atomic E-state index is 10.1. The summed E-state index contributed by atoms with van der Waals surface area (Å²) in [6.45, 7) is 2.73. The molecule has 96 valence electrons. The van der Waals surface area contributed by atoms with Crippen LogP contribution in [0.4, 0.5) is 0 Å². The Morgan fingerprint density at radius 2 is 2.24 bits per heavy atom. The first-order valence-electron chi connectivity index (χ1n) is 5.85. The first-order valence-corrected chi connectivity index (χ1v) is 5.85. The van der Waals surface area contributed by atoms with E-state index < -0.39 is 6.10 Å². The number of benzene rings is 1. The van der Waals surface area contributed by atoms with Gasteiger partial charge in [0.05, 0.1) is 6.10 Å². The van der Waals surface area contributed by atoms with Crippen molar-refractivity contribution in [2.45, 2.75) is 31.9 Å². The summed E-state index contributed by atoms with van der Waals surface area (Å²) in [6, 6.07) is 6.30. The van der Waals surface area contributed by atoms with Gasteiger partial charge in [0.15, 0.2) is 0 Å². The summed E-state index contributed by atoms with van der Waals surface area (Å²) in [4.78, 5) is 0. The number of rotatable bonds is 2. The molecule has 2 rings (SSSR count). The van der Waals surface area contributed by atoms with Gasteiger partial charge in [-0.1, -0.05) is 13.0 Å². The first-order chi connectivity index (χ1) is 7.74. The van der Waals surface area contributed by atoms with Gasteiger partial charge in [-0.25, -0.2) is 0 Å². The van der Waals surface area contributed by atoms with Crippen molar-refractivity contribution in [2.75, 3.05) is 13.7 Å². The fourth-order valence-electron chi connectivity index (χ4n) is 2.07. The van der Waals surface area contributed by atoms with Crippen LogP contribution in [0.1, 0.15) is 30.6 Å². The second-order valence-corrected chi connectivity index (χ2v) is 4.27. The van der Waals surface area contributed by atoms with Crippen LogP contribution in [0.25, 0.3) is 0 Å². The van der Waals surface area contributed by atoms with Gasteiger partial charge in [-0.05, 0) is 37.6 Å². The zero-order valence-electron chi connectivity index (χ0n) is 10.3. The van der Waals surface area contributed by atoms with Gasteiger partial charge in [-0.2, -0.15) is 0 Å². The third-order valence-corrected chi connectivity index (χ3v) is 3.20. The quantitative estimate of drug-likeness (QED) is 0.852. The maximum Gasteiger partial charge on any atom is 0.125 e. The highest BCUT2D eigenvalue weighted by molar-refractivity contribution is 5.85. The van der Waals surface area contributed by atoms with Crippen LogP contribution in [0.3, 0.4) is 0 Å². The van der Waals surface area contributed by atoms with Gasteiger partial charge in [-0.15, -0.1) is 12.4 Å². The molecule has 2 N–H and O–H groups in total. The van der Waals surface area contributed by atoms with E-state index in [2.05, 4.69) is 24.4 Å². The van der Waals surface area contributed by atoms with Crippen molar-refractivity contribution >= 4 is 12.4 Å². The standard InChI is InChI=1S/C13H19NO2.ClH/c1-3-9-4-5-13-11(6-9)12(15)7-10(14-2)8-16-13;/h4-6,10,12,14-15H,3,7-8H2,1-2H3;1H/t10-,12-;/m0./s1. The summed E-state index contributed by atoms with van der Waals surface area (Å²) >= 11 is 0. The van der Waals surface area contributed by atoms with Crippen molar-refractivity contribution in [2.24, 2.45) is 0 Å². The molecule has 3 nitrogen and oxygen atoms in total. The van der Waals surface area contributed by atoms with E-state index >= 15 is 0 Å². The fourth-order valence-corrected chi connectivity index (χ4v) is 2.07. The van der Waals surface area contributed by atoms with Gasteiger partial charge >= 0.3 is 0 Å². The van der Waals surface area contributed by atoms with E-state index in [9.17, 15) is 5.11 Å². The first kappa shape index (κ1) is 14.3. The molecule has 0 aromatic heterocycles. The summed E-state index contributed by atoms with van der Waals surface area (Å²) < 4.78 is 5.70. The second-order valence-electron chi connectivity index (χ2n) is 4.27. The second kappa shape index (κ2) is 6.24. The maximum atomic E-state index is 10.1. The van der Waals surface area contributed by atoms with Gasteiger partial charge in [-0.3, -0.25) is 0 Å². The van der Waals surface area contributed by atoms with Crippen LogP contribution in [0.2, 0.25) is 0 Å². The Kier molecular flexibility index (Phi) is 5.25. The van der Waals surface area contributed by atoms with Crippen LogP contribution in [0.15, 0.2) is 18.2 Å². The van der Waals surface area contributed by atoms with E-state index in [1.54, 1.807) is 0 Å². The van der Waals surface area contributed by atoms with Crippen LogP contribution < -0.4 is 10.1 Å². The van der Waals surface area contributed by atoms with Gasteiger partial charge in [0.1, 0.15) is 12.4 Å². The van der Waals surface area contributed by atoms with E-state index in [0.717, 1.165) is 17.7 Å². The van der Waals surface area contributed by atoms with Crippen molar-refractivity contribution < 1.29 is 9.84 Å². The Morgan fingerprint density at radius 3 is 2.88 bits per heavy atom. The number of likely N-dealkylation sites (N-methyl/N-ethyl adjacent to an activating group) is 1. The number of aryl methyl sites for hydroxylation is 1. The van der Waals surface area contributed by atoms with Crippen molar-refractivity contribution in [3.05, 3.63) is 29.3 Å². The molecule has 4 heteroatoms. The highest BCUT2D eigenvalue weighted by Crippen LogP contribution is 2.32. The Balaban J connectivity index is 0.00000144. The molecule has 1 aromatic carbocycles. The minimum Gasteiger partial charge on any atom is -0.492 e. The fraction of sp³-hybridized carbons (Fsp3) is 0.538. The van der Waals surface area contributed by atoms with Crippen LogP contribution in [0.5, 0.6) is 5.75 Å². The number of hydrogen-bond acceptors (Lipinski definition) is 3. The number of nitrogens with one attached hydrogen (secondary N) is 1. The third kappa shape index (κ3) is 3.12. The molecule has 1 aliphatic rings. The van der Waals surface area contributed by atoms with Gasteiger partial charge in [0.2, 0.25) is 0 Å². The molecule has 17 heavy (non-hydrogen) atoms. The molecule has 2 atom stereocenters. The molecule has 0 fully saturated rings. The summed E-state index contributed by atoms with van der Waals surface area (Å²) in [6.07, 6.45) is 1.26. The van der Waals surface area contributed by atoms with E-state index in [1.807, 2.05) is 13.1 Å². The largest absolute Gasteiger partial charge is 0.492 e. The number of hydrogen-bond donors (Lipinski definition) is 2. The topological polar surface area (TPSA) is 41.5 Å². The minimum absolute atomic E-state index is 0. The Hall–Kier alpha value is -0.770. The zero-order valence-corrected chi connectivity index (χ0v) is 11.1. The van der Waals surface area contributed by atoms with Crippen molar-refractivity contribution in [3.63, 3.8) is 0 Å². The summed E-state index contributed by atoms with van der Waals surface area (Å²) in [5.41, 5.74) is 2.17. The van der Waals surface area contributed by atoms with Gasteiger partial charge in [0.25, 0.3) is 0 Å². The van der Waals surface area contributed by atoms with E-state index in [1.165, 1.54) is 5.56 Å². The number of aliphatic hydroxyl groups excluding tert-OH is 1. The number of aliphatic hydroxyl groups is 1. The molecule has 0 bridgehead atoms. The van der Waals surface area contributed by atoms with Crippen LogP contribution in [-0.2, 0) is 6.42 Å². The summed E-state index contributed by atoms with van der Waals surface area (Å²) in [7, 11) is 1.90. The Bertz CT molecular complexity index is 370. The SMILES string of the molecule is CCc1ccc2c(c1)[C@@H](O)C[C@H](NC)CO2.Cl. The monoisotopic (exact) mass is 257 g/mol. The van der Waals surface area contributed by atoms with Crippen molar-refractivity contribution in [1.29, 1.82) is 0 Å². The molecule has 0 saturated heterocycles. The molecule has 0 unspecified atom stereocenters. The van der Waals surface area contributed by atoms with Crippen LogP contribution in [-0.4, -0.2) is 24.8 Å². The highest BCUT2D eigenvalue weighted by Gasteiger charge is 2.23. The average molecular weight is 258 g/mol. The van der Waals surface area contributed by atoms with Gasteiger partial charge < -0.3 is 15.2 Å². The predicted octanol–water partition coefficient (Wildman–Crippen LogP) is 2.07. The molecule has 1 aromatic rings. The van der Waals surface area contributed by atoms with E-state index in [-0.39, 0.29) is 18.4 Å². The molecule has 0 spiro atoms. The van der Waals surface area contributed by atoms with Crippen LogP contribution >= 0.6 is 12.4 Å². The molecule has 0 amide bonds. The predicted molar refractivity (Wildman–Crippen MR) is 71.0 cm³/mol. The lowest BCUT2D eigenvalue weighted by atomic mass is 10.00. The molecule has 0 saturated carbocycles. The Labute approximate surface area is 109 Å². The summed E-state index contributed by atoms with van der Waals surface area (Å²) in [5.74, 6) is 0.822. The smallest absolute Gasteiger partial charge is 0.125 e. The van der Waals surface area contributed by atoms with E-state index in [0.29, 0.717) is 13.0 Å². The molecule has 0 radical (unpaired) electrons. The normalized spacial score (nSPS) is 23.0. The minimum atomic E-state index is -0.429. The molecular formula is C13H20ClNO2. The number of halogens is 1. The van der Waals surface area contributed by atoms with Crippen LogP contribution in [0, 0.1) is 0 Å². The highest BCUT2D eigenvalue weighted by atomic mass is 35.5. The van der Waals surface area contributed by atoms with Crippen molar-refractivity contribution in [3.8, 4) is 5.75 Å². The lowest BCUT2D eigenvalue weighted by Gasteiger charge is -2.14. The Morgan fingerprint density at radius 1 is 1.47 bits per heavy atom. The summed E-state index contributed by atoms with van der Waals surface area (Å²) in [5, 5.41) is 13.3. The molecular weight excluding hydrogens is 238 g/mol. The molecule has 0 aliphatic carbocycles.